The van der Waals surface area contributed by atoms with Crippen LogP contribution in [0.1, 0.15) is 36.2 Å². The van der Waals surface area contributed by atoms with Crippen LogP contribution in [0, 0.1) is 0 Å². The van der Waals surface area contributed by atoms with E-state index in [1.807, 2.05) is 0 Å². The molecular formula is C13H15BrN2O3. The summed E-state index contributed by atoms with van der Waals surface area (Å²) in [5.41, 5.74) is 0.347. The first kappa shape index (κ1) is 14.0. The van der Waals surface area contributed by atoms with E-state index in [2.05, 4.69) is 20.9 Å². The molecule has 1 aromatic rings. The fraction of sp³-hybridized carbons (Fsp3) is 0.462. The highest BCUT2D eigenvalue weighted by Gasteiger charge is 2.30. The second kappa shape index (κ2) is 6.14. The number of nitrogens with zero attached hydrogens (tertiary/aromatic N) is 2. The maximum atomic E-state index is 12.5. The summed E-state index contributed by atoms with van der Waals surface area (Å²) in [6.07, 6.45) is 4.17. The number of likely N-dealkylation sites (tertiary alicyclic amines) is 1. The van der Waals surface area contributed by atoms with Crippen LogP contribution in [0.5, 0.6) is 0 Å². The van der Waals surface area contributed by atoms with Crippen LogP contribution in [0.3, 0.4) is 0 Å². The fourth-order valence-corrected chi connectivity index (χ4v) is 2.79. The van der Waals surface area contributed by atoms with Crippen molar-refractivity contribution in [3.8, 4) is 0 Å². The number of carboxylic acids is 1. The minimum Gasteiger partial charge on any atom is -0.481 e. The average molecular weight is 327 g/mol. The number of aromatic nitrogens is 1. The Morgan fingerprint density at radius 2 is 2.26 bits per heavy atom. The van der Waals surface area contributed by atoms with E-state index < -0.39 is 5.97 Å². The summed E-state index contributed by atoms with van der Waals surface area (Å²) in [6, 6.07) is 3.27. The molecule has 1 amide bonds. The highest BCUT2D eigenvalue weighted by Crippen LogP contribution is 2.24. The van der Waals surface area contributed by atoms with Gasteiger partial charge in [-0.15, -0.1) is 0 Å². The zero-order valence-electron chi connectivity index (χ0n) is 10.4. The van der Waals surface area contributed by atoms with Crippen LogP contribution >= 0.6 is 15.9 Å². The Balaban J connectivity index is 2.20. The molecule has 1 aliphatic heterocycles. The van der Waals surface area contributed by atoms with E-state index >= 15 is 0 Å². The van der Waals surface area contributed by atoms with E-state index in [9.17, 15) is 9.59 Å². The summed E-state index contributed by atoms with van der Waals surface area (Å²) >= 11 is 3.31. The molecule has 19 heavy (non-hydrogen) atoms. The first-order valence-electron chi connectivity index (χ1n) is 6.23. The monoisotopic (exact) mass is 326 g/mol. The lowest BCUT2D eigenvalue weighted by atomic mass is 9.99. The smallest absolute Gasteiger partial charge is 0.305 e. The molecule has 0 aliphatic carbocycles. The van der Waals surface area contributed by atoms with Crippen molar-refractivity contribution in [2.24, 2.45) is 0 Å². The van der Waals surface area contributed by atoms with Gasteiger partial charge in [-0.3, -0.25) is 9.59 Å². The molecular weight excluding hydrogens is 312 g/mol. The molecule has 1 unspecified atom stereocenters. The van der Waals surface area contributed by atoms with Crippen molar-refractivity contribution in [3.63, 3.8) is 0 Å². The van der Waals surface area contributed by atoms with Gasteiger partial charge in [0, 0.05) is 23.3 Å². The molecule has 2 heterocycles. The first-order chi connectivity index (χ1) is 9.09. The Morgan fingerprint density at radius 1 is 1.47 bits per heavy atom. The van der Waals surface area contributed by atoms with E-state index in [1.165, 1.54) is 0 Å². The molecule has 2 rings (SSSR count). The number of carboxylic acid groups (broad SMARTS) is 1. The molecule has 1 saturated heterocycles. The van der Waals surface area contributed by atoms with Crippen LogP contribution in [-0.2, 0) is 4.79 Å². The quantitative estimate of drug-likeness (QED) is 0.925. The minimum atomic E-state index is -0.871. The van der Waals surface area contributed by atoms with E-state index in [1.54, 1.807) is 23.2 Å². The van der Waals surface area contributed by atoms with Crippen molar-refractivity contribution in [3.05, 3.63) is 28.5 Å². The summed E-state index contributed by atoms with van der Waals surface area (Å²) in [5, 5.41) is 8.93. The third-order valence-electron chi connectivity index (χ3n) is 3.26. The number of rotatable bonds is 3. The minimum absolute atomic E-state index is 0.00378. The summed E-state index contributed by atoms with van der Waals surface area (Å²) in [7, 11) is 0. The molecule has 1 fully saturated rings. The maximum Gasteiger partial charge on any atom is 0.305 e. The molecule has 1 aromatic heterocycles. The van der Waals surface area contributed by atoms with Gasteiger partial charge in [0.25, 0.3) is 5.91 Å². The highest BCUT2D eigenvalue weighted by atomic mass is 79.9. The van der Waals surface area contributed by atoms with Gasteiger partial charge in [0.2, 0.25) is 0 Å². The largest absolute Gasteiger partial charge is 0.481 e. The number of amides is 1. The molecule has 0 radical (unpaired) electrons. The Morgan fingerprint density at radius 3 is 2.95 bits per heavy atom. The van der Waals surface area contributed by atoms with Gasteiger partial charge < -0.3 is 10.0 Å². The Bertz CT molecular complexity index is 493. The second-order valence-electron chi connectivity index (χ2n) is 4.58. The SMILES string of the molecule is O=C(O)CC1CCCCN1C(=O)c1ncccc1Br. The van der Waals surface area contributed by atoms with Gasteiger partial charge in [0.05, 0.1) is 6.42 Å². The molecule has 1 aliphatic rings. The summed E-state index contributed by atoms with van der Waals surface area (Å²) in [4.78, 5) is 29.1. The van der Waals surface area contributed by atoms with E-state index in [0.717, 1.165) is 19.3 Å². The van der Waals surface area contributed by atoms with Crippen LogP contribution in [0.2, 0.25) is 0 Å². The first-order valence-corrected chi connectivity index (χ1v) is 7.02. The number of piperidine rings is 1. The van der Waals surface area contributed by atoms with Gasteiger partial charge in [0.1, 0.15) is 5.69 Å². The Kier molecular flexibility index (Phi) is 4.52. The topological polar surface area (TPSA) is 70.5 Å². The van der Waals surface area contributed by atoms with Crippen LogP contribution in [0.4, 0.5) is 0 Å². The predicted molar refractivity (Wildman–Crippen MR) is 72.9 cm³/mol. The highest BCUT2D eigenvalue weighted by molar-refractivity contribution is 9.10. The number of pyridine rings is 1. The molecule has 1 atom stereocenters. The lowest BCUT2D eigenvalue weighted by molar-refractivity contribution is -0.138. The molecule has 5 nitrogen and oxygen atoms in total. The normalized spacial score (nSPS) is 19.2. The van der Waals surface area contributed by atoms with Gasteiger partial charge in [0.15, 0.2) is 0 Å². The van der Waals surface area contributed by atoms with Gasteiger partial charge in [-0.25, -0.2) is 4.98 Å². The number of hydrogen-bond donors (Lipinski definition) is 1. The molecule has 6 heteroatoms. The van der Waals surface area contributed by atoms with Crippen LogP contribution in [0.25, 0.3) is 0 Å². The molecule has 0 saturated carbocycles. The second-order valence-corrected chi connectivity index (χ2v) is 5.43. The fourth-order valence-electron chi connectivity index (χ4n) is 2.36. The van der Waals surface area contributed by atoms with Gasteiger partial charge in [-0.1, -0.05) is 0 Å². The molecule has 1 N–H and O–H groups in total. The van der Waals surface area contributed by atoms with Gasteiger partial charge in [-0.05, 0) is 47.3 Å². The third kappa shape index (κ3) is 3.32. The van der Waals surface area contributed by atoms with Crippen molar-refractivity contribution in [1.29, 1.82) is 0 Å². The number of hydrogen-bond acceptors (Lipinski definition) is 3. The van der Waals surface area contributed by atoms with E-state index in [4.69, 9.17) is 5.11 Å². The average Bonchev–Trinajstić information content (AvgIpc) is 2.38. The van der Waals surface area contributed by atoms with Crippen LogP contribution < -0.4 is 0 Å². The zero-order chi connectivity index (χ0) is 13.8. The van der Waals surface area contributed by atoms with Gasteiger partial charge >= 0.3 is 5.97 Å². The number of aliphatic carboxylic acids is 1. The predicted octanol–water partition coefficient (Wildman–Crippen LogP) is 2.31. The van der Waals surface area contributed by atoms with Gasteiger partial charge in [-0.2, -0.15) is 0 Å². The van der Waals surface area contributed by atoms with Crippen molar-refractivity contribution in [1.82, 2.24) is 9.88 Å². The van der Waals surface area contributed by atoms with Crippen molar-refractivity contribution in [2.45, 2.75) is 31.7 Å². The Labute approximate surface area is 119 Å². The zero-order valence-corrected chi connectivity index (χ0v) is 12.0. The molecule has 0 bridgehead atoms. The number of carbonyl (C=O) groups is 2. The lowest BCUT2D eigenvalue weighted by Crippen LogP contribution is -2.45. The molecule has 0 aromatic carbocycles. The summed E-state index contributed by atoms with van der Waals surface area (Å²) in [5.74, 6) is -1.07. The van der Waals surface area contributed by atoms with Crippen molar-refractivity contribution < 1.29 is 14.7 Å². The standard InChI is InChI=1S/C13H15BrN2O3/c14-10-5-3-6-15-12(10)13(19)16-7-2-1-4-9(16)8-11(17)18/h3,5-6,9H,1-2,4,7-8H2,(H,17,18). The third-order valence-corrected chi connectivity index (χ3v) is 3.90. The van der Waals surface area contributed by atoms with Crippen molar-refractivity contribution in [2.75, 3.05) is 6.54 Å². The molecule has 102 valence electrons. The van der Waals surface area contributed by atoms with Crippen molar-refractivity contribution >= 4 is 27.8 Å². The number of carbonyl (C=O) groups excluding carboxylic acids is 1. The summed E-state index contributed by atoms with van der Waals surface area (Å²) < 4.78 is 0.639. The summed E-state index contributed by atoms with van der Waals surface area (Å²) in [6.45, 7) is 0.597. The maximum absolute atomic E-state index is 12.5. The Hall–Kier alpha value is -1.43. The number of halogens is 1. The van der Waals surface area contributed by atoms with E-state index in [0.29, 0.717) is 16.7 Å². The van der Waals surface area contributed by atoms with Crippen LogP contribution in [-0.4, -0.2) is 39.5 Å². The van der Waals surface area contributed by atoms with Crippen LogP contribution in [0.15, 0.2) is 22.8 Å². The lowest BCUT2D eigenvalue weighted by Gasteiger charge is -2.34. The molecule has 0 spiro atoms. The van der Waals surface area contributed by atoms with E-state index in [-0.39, 0.29) is 18.4 Å².